The van der Waals surface area contributed by atoms with Crippen molar-refractivity contribution in [3.63, 3.8) is 0 Å². The molecule has 0 aliphatic heterocycles. The summed E-state index contributed by atoms with van der Waals surface area (Å²) in [5.74, 6) is -2.46. The van der Waals surface area contributed by atoms with Gasteiger partial charge in [0.25, 0.3) is 0 Å². The highest BCUT2D eigenvalue weighted by Gasteiger charge is 2.23. The van der Waals surface area contributed by atoms with E-state index in [1.807, 2.05) is 0 Å². The van der Waals surface area contributed by atoms with Crippen LogP contribution in [0.25, 0.3) is 0 Å². The minimum atomic E-state index is -0.785. The molecule has 0 saturated carbocycles. The van der Waals surface area contributed by atoms with Crippen LogP contribution >= 0.6 is 11.6 Å². The standard InChI is InChI=1S/C19H19ClFNO5/c1-4-26-19(25)18-10(2)17(11(3)22-18)15(23)9-27-16(24)8-12-13(20)6-5-7-14(12)21/h5-7,22H,4,8-9H2,1-3H3. The molecule has 0 spiro atoms. The first-order valence-corrected chi connectivity index (χ1v) is 8.62. The van der Waals surface area contributed by atoms with Crippen molar-refractivity contribution in [2.24, 2.45) is 0 Å². The second-order valence-electron chi connectivity index (χ2n) is 5.81. The summed E-state index contributed by atoms with van der Waals surface area (Å²) in [6.07, 6.45) is -0.391. The molecule has 0 fully saturated rings. The Morgan fingerprint density at radius 2 is 1.89 bits per heavy atom. The summed E-state index contributed by atoms with van der Waals surface area (Å²) < 4.78 is 23.6. The van der Waals surface area contributed by atoms with E-state index < -0.39 is 36.6 Å². The van der Waals surface area contributed by atoms with Crippen molar-refractivity contribution in [2.75, 3.05) is 13.2 Å². The zero-order valence-corrected chi connectivity index (χ0v) is 15.9. The van der Waals surface area contributed by atoms with Crippen molar-refractivity contribution in [2.45, 2.75) is 27.2 Å². The number of aromatic amines is 1. The van der Waals surface area contributed by atoms with E-state index in [1.165, 1.54) is 18.2 Å². The SMILES string of the molecule is CCOC(=O)c1[nH]c(C)c(C(=O)COC(=O)Cc2c(F)cccc2Cl)c1C. The van der Waals surface area contributed by atoms with E-state index in [1.54, 1.807) is 20.8 Å². The van der Waals surface area contributed by atoms with Crippen LogP contribution in [0.3, 0.4) is 0 Å². The Labute approximate surface area is 160 Å². The van der Waals surface area contributed by atoms with Gasteiger partial charge in [0.15, 0.2) is 6.61 Å². The molecule has 0 aliphatic rings. The monoisotopic (exact) mass is 395 g/mol. The number of rotatable bonds is 7. The van der Waals surface area contributed by atoms with Gasteiger partial charge in [-0.05, 0) is 38.5 Å². The first-order valence-electron chi connectivity index (χ1n) is 8.24. The van der Waals surface area contributed by atoms with Crippen molar-refractivity contribution < 1.29 is 28.2 Å². The van der Waals surface area contributed by atoms with Crippen LogP contribution in [0.15, 0.2) is 18.2 Å². The Balaban J connectivity index is 2.06. The number of hydrogen-bond acceptors (Lipinski definition) is 5. The number of carbonyl (C=O) groups excluding carboxylic acids is 3. The van der Waals surface area contributed by atoms with Crippen LogP contribution in [-0.2, 0) is 20.7 Å². The molecule has 0 unspecified atom stereocenters. The zero-order valence-electron chi connectivity index (χ0n) is 15.2. The number of aromatic nitrogens is 1. The maximum atomic E-state index is 13.7. The Morgan fingerprint density at radius 3 is 2.52 bits per heavy atom. The third kappa shape index (κ3) is 4.74. The zero-order chi connectivity index (χ0) is 20.1. The molecule has 0 atom stereocenters. The largest absolute Gasteiger partial charge is 0.461 e. The molecule has 8 heteroatoms. The van der Waals surface area contributed by atoms with E-state index in [0.717, 1.165) is 0 Å². The number of nitrogens with one attached hydrogen (secondary N) is 1. The van der Waals surface area contributed by atoms with Crippen LogP contribution in [0.2, 0.25) is 5.02 Å². The predicted molar refractivity (Wildman–Crippen MR) is 96.6 cm³/mol. The molecule has 2 rings (SSSR count). The molecule has 6 nitrogen and oxygen atoms in total. The average molecular weight is 396 g/mol. The molecule has 0 bridgehead atoms. The minimum absolute atomic E-state index is 0.00946. The second-order valence-corrected chi connectivity index (χ2v) is 6.21. The van der Waals surface area contributed by atoms with Gasteiger partial charge in [0.2, 0.25) is 5.78 Å². The summed E-state index contributed by atoms with van der Waals surface area (Å²) in [7, 11) is 0. The van der Waals surface area contributed by atoms with Crippen molar-refractivity contribution in [1.82, 2.24) is 4.98 Å². The van der Waals surface area contributed by atoms with Crippen LogP contribution in [0, 0.1) is 19.7 Å². The quantitative estimate of drug-likeness (QED) is 0.572. The van der Waals surface area contributed by atoms with Crippen molar-refractivity contribution in [1.29, 1.82) is 0 Å². The molecule has 1 aromatic heterocycles. The van der Waals surface area contributed by atoms with E-state index >= 15 is 0 Å². The molecule has 2 aromatic rings. The Kier molecular flexibility index (Phi) is 6.74. The number of hydrogen-bond donors (Lipinski definition) is 1. The minimum Gasteiger partial charge on any atom is -0.461 e. The number of halogens is 2. The third-order valence-corrected chi connectivity index (χ3v) is 4.30. The van der Waals surface area contributed by atoms with Gasteiger partial charge in [0.05, 0.1) is 13.0 Å². The highest BCUT2D eigenvalue weighted by atomic mass is 35.5. The molecular formula is C19H19ClFNO5. The number of benzene rings is 1. The van der Waals surface area contributed by atoms with Gasteiger partial charge >= 0.3 is 11.9 Å². The lowest BCUT2D eigenvalue weighted by Gasteiger charge is -2.07. The summed E-state index contributed by atoms with van der Waals surface area (Å²) in [5.41, 5.74) is 1.34. The molecule has 1 N–H and O–H groups in total. The average Bonchev–Trinajstić information content (AvgIpc) is 2.91. The van der Waals surface area contributed by atoms with Gasteiger partial charge in [-0.25, -0.2) is 9.18 Å². The third-order valence-electron chi connectivity index (χ3n) is 3.94. The molecule has 27 heavy (non-hydrogen) atoms. The highest BCUT2D eigenvalue weighted by Crippen LogP contribution is 2.21. The van der Waals surface area contributed by atoms with Crippen molar-refractivity contribution in [3.8, 4) is 0 Å². The molecule has 0 saturated heterocycles. The molecule has 144 valence electrons. The number of esters is 2. The van der Waals surface area contributed by atoms with Crippen molar-refractivity contribution >= 4 is 29.3 Å². The second kappa shape index (κ2) is 8.81. The Bertz CT molecular complexity index is 870. The number of ether oxygens (including phenoxy) is 2. The van der Waals surface area contributed by atoms with E-state index in [9.17, 15) is 18.8 Å². The van der Waals surface area contributed by atoms with E-state index in [-0.39, 0.29) is 28.5 Å². The molecule has 0 amide bonds. The molecule has 1 heterocycles. The number of aryl methyl sites for hydroxylation is 1. The first kappa shape index (κ1) is 20.6. The van der Waals surface area contributed by atoms with Gasteiger partial charge in [0, 0.05) is 21.8 Å². The normalized spacial score (nSPS) is 10.6. The van der Waals surface area contributed by atoms with Gasteiger partial charge in [0.1, 0.15) is 11.5 Å². The smallest absolute Gasteiger partial charge is 0.355 e. The summed E-state index contributed by atoms with van der Waals surface area (Å²) in [5, 5.41) is 0.106. The van der Waals surface area contributed by atoms with Crippen LogP contribution in [-0.4, -0.2) is 35.9 Å². The van der Waals surface area contributed by atoms with Crippen LogP contribution in [0.5, 0.6) is 0 Å². The number of carbonyl (C=O) groups is 3. The topological polar surface area (TPSA) is 85.5 Å². The van der Waals surface area contributed by atoms with E-state index in [2.05, 4.69) is 4.98 Å². The highest BCUT2D eigenvalue weighted by molar-refractivity contribution is 6.31. The fraction of sp³-hybridized carbons (Fsp3) is 0.316. The molecule has 0 aliphatic carbocycles. The van der Waals surface area contributed by atoms with Gasteiger partial charge in [-0.1, -0.05) is 17.7 Å². The summed E-state index contributed by atoms with van der Waals surface area (Å²) >= 11 is 5.87. The van der Waals surface area contributed by atoms with Crippen LogP contribution in [0.1, 0.15) is 44.6 Å². The Hall–Kier alpha value is -2.67. The lowest BCUT2D eigenvalue weighted by molar-refractivity contribution is -0.141. The first-order chi connectivity index (χ1) is 12.8. The molecule has 0 radical (unpaired) electrons. The fourth-order valence-electron chi connectivity index (χ4n) is 2.69. The molecule has 1 aromatic carbocycles. The van der Waals surface area contributed by atoms with Crippen molar-refractivity contribution in [3.05, 3.63) is 57.1 Å². The Morgan fingerprint density at radius 1 is 1.19 bits per heavy atom. The summed E-state index contributed by atoms with van der Waals surface area (Å²) in [4.78, 5) is 39.1. The number of ketones is 1. The molecular weight excluding hydrogens is 377 g/mol. The maximum Gasteiger partial charge on any atom is 0.355 e. The number of H-pyrrole nitrogens is 1. The number of Topliss-reactive ketones (excluding diaryl/α,β-unsaturated/α-hetero) is 1. The van der Waals surface area contributed by atoms with E-state index in [4.69, 9.17) is 21.1 Å². The lowest BCUT2D eigenvalue weighted by Crippen LogP contribution is -2.17. The lowest BCUT2D eigenvalue weighted by atomic mass is 10.1. The van der Waals surface area contributed by atoms with E-state index in [0.29, 0.717) is 11.3 Å². The van der Waals surface area contributed by atoms with Crippen LogP contribution in [0.4, 0.5) is 4.39 Å². The maximum absolute atomic E-state index is 13.7. The van der Waals surface area contributed by atoms with Crippen LogP contribution < -0.4 is 0 Å². The fourth-order valence-corrected chi connectivity index (χ4v) is 2.92. The summed E-state index contributed by atoms with van der Waals surface area (Å²) in [6.45, 7) is 4.58. The van der Waals surface area contributed by atoms with Gasteiger partial charge in [-0.2, -0.15) is 0 Å². The van der Waals surface area contributed by atoms with Gasteiger partial charge in [-0.3, -0.25) is 9.59 Å². The predicted octanol–water partition coefficient (Wildman–Crippen LogP) is 3.57. The van der Waals surface area contributed by atoms with Gasteiger partial charge in [-0.15, -0.1) is 0 Å². The van der Waals surface area contributed by atoms with Gasteiger partial charge < -0.3 is 14.5 Å². The summed E-state index contributed by atoms with van der Waals surface area (Å²) in [6, 6.07) is 4.07.